The molecule has 7 heteroatoms. The summed E-state index contributed by atoms with van der Waals surface area (Å²) in [6.07, 6.45) is 0.713. The summed E-state index contributed by atoms with van der Waals surface area (Å²) >= 11 is 0. The van der Waals surface area contributed by atoms with Crippen molar-refractivity contribution in [1.29, 1.82) is 0 Å². The number of amides is 1. The molecule has 3 rings (SSSR count). The maximum atomic E-state index is 12.7. The van der Waals surface area contributed by atoms with E-state index in [-0.39, 0.29) is 18.0 Å². The molecule has 2 unspecified atom stereocenters. The third-order valence-corrected chi connectivity index (χ3v) is 4.00. The Morgan fingerprint density at radius 2 is 2.13 bits per heavy atom. The van der Waals surface area contributed by atoms with E-state index >= 15 is 0 Å². The number of rotatable bonds is 5. The smallest absolute Gasteiger partial charge is 0.241 e. The summed E-state index contributed by atoms with van der Waals surface area (Å²) in [6.45, 7) is 4.64. The average Bonchev–Trinajstić information content (AvgIpc) is 3.22. The molecule has 0 radical (unpaired) electrons. The van der Waals surface area contributed by atoms with Crippen molar-refractivity contribution in [3.8, 4) is 0 Å². The number of carbonyl (C=O) groups excluding carboxylic acids is 1. The summed E-state index contributed by atoms with van der Waals surface area (Å²) in [4.78, 5) is 18.6. The van der Waals surface area contributed by atoms with Gasteiger partial charge in [-0.05, 0) is 18.9 Å². The normalized spacial score (nSPS) is 20.6. The fraction of sp³-hybridized carbons (Fsp3) is 0.438. The molecule has 122 valence electrons. The van der Waals surface area contributed by atoms with Gasteiger partial charge in [0.2, 0.25) is 11.8 Å². The topological polar surface area (TPSA) is 83.3 Å². The highest BCUT2D eigenvalue weighted by molar-refractivity contribution is 5.82. The molecular weight excluding hydrogens is 294 g/mol. The van der Waals surface area contributed by atoms with Gasteiger partial charge in [-0.2, -0.15) is 4.98 Å². The largest absolute Gasteiger partial charge is 0.340 e. The Kier molecular flexibility index (Phi) is 4.68. The van der Waals surface area contributed by atoms with Crippen LogP contribution in [0.15, 0.2) is 34.9 Å². The number of hydrazine groups is 1. The Hall–Kier alpha value is -2.25. The third kappa shape index (κ3) is 3.57. The van der Waals surface area contributed by atoms with Gasteiger partial charge in [0.1, 0.15) is 6.04 Å². The number of aromatic nitrogens is 2. The lowest BCUT2D eigenvalue weighted by molar-refractivity contribution is -0.133. The summed E-state index contributed by atoms with van der Waals surface area (Å²) in [5, 5.41) is 3.86. The van der Waals surface area contributed by atoms with Gasteiger partial charge in [0.05, 0.1) is 6.54 Å². The molecule has 1 aromatic carbocycles. The zero-order chi connectivity index (χ0) is 16.2. The van der Waals surface area contributed by atoms with Crippen LogP contribution in [0.3, 0.4) is 0 Å². The summed E-state index contributed by atoms with van der Waals surface area (Å²) < 4.78 is 4.96. The summed E-state index contributed by atoms with van der Waals surface area (Å²) in [7, 11) is 0. The highest BCUT2D eigenvalue weighted by atomic mass is 16.5. The van der Waals surface area contributed by atoms with Crippen LogP contribution >= 0.6 is 0 Å². The fourth-order valence-electron chi connectivity index (χ4n) is 2.76. The Bertz CT molecular complexity index is 658. The Balaban J connectivity index is 1.63. The van der Waals surface area contributed by atoms with Gasteiger partial charge in [0.25, 0.3) is 0 Å². The molecule has 1 saturated heterocycles. The van der Waals surface area contributed by atoms with Crippen molar-refractivity contribution in [2.24, 2.45) is 0 Å². The van der Waals surface area contributed by atoms with Crippen molar-refractivity contribution in [1.82, 2.24) is 25.9 Å². The number of nitrogens with zero attached hydrogens (tertiary/aromatic N) is 3. The van der Waals surface area contributed by atoms with E-state index in [1.54, 1.807) is 11.8 Å². The maximum Gasteiger partial charge on any atom is 0.241 e. The second-order valence-corrected chi connectivity index (χ2v) is 5.62. The molecule has 2 aromatic rings. The van der Waals surface area contributed by atoms with E-state index in [1.165, 1.54) is 5.56 Å². The molecule has 2 atom stereocenters. The summed E-state index contributed by atoms with van der Waals surface area (Å²) in [5.41, 5.74) is 7.48. The third-order valence-electron chi connectivity index (χ3n) is 4.00. The molecule has 2 N–H and O–H groups in total. The Morgan fingerprint density at radius 1 is 1.35 bits per heavy atom. The molecule has 1 amide bonds. The van der Waals surface area contributed by atoms with Crippen LogP contribution in [0.5, 0.6) is 0 Å². The van der Waals surface area contributed by atoms with Crippen LogP contribution < -0.4 is 10.9 Å². The summed E-state index contributed by atoms with van der Waals surface area (Å²) in [6, 6.07) is 9.99. The van der Waals surface area contributed by atoms with Gasteiger partial charge in [0, 0.05) is 19.5 Å². The van der Waals surface area contributed by atoms with Gasteiger partial charge in [0.15, 0.2) is 5.82 Å². The lowest BCUT2D eigenvalue weighted by atomic mass is 10.0. The highest BCUT2D eigenvalue weighted by Gasteiger charge is 2.32. The molecule has 1 aliphatic heterocycles. The molecule has 7 nitrogen and oxygen atoms in total. The number of aryl methyl sites for hydroxylation is 1. The fourth-order valence-corrected chi connectivity index (χ4v) is 2.76. The minimum Gasteiger partial charge on any atom is -0.340 e. The number of carbonyl (C=O) groups is 1. The molecule has 0 saturated carbocycles. The molecule has 0 bridgehead atoms. The second-order valence-electron chi connectivity index (χ2n) is 5.62. The second kappa shape index (κ2) is 6.89. The number of likely N-dealkylation sites (N-methyl/N-ethyl adjacent to an activating group) is 1. The monoisotopic (exact) mass is 315 g/mol. The van der Waals surface area contributed by atoms with Crippen LogP contribution in [-0.2, 0) is 11.3 Å². The van der Waals surface area contributed by atoms with E-state index in [0.717, 1.165) is 0 Å². The molecule has 2 heterocycles. The van der Waals surface area contributed by atoms with Crippen molar-refractivity contribution in [2.45, 2.75) is 38.9 Å². The average molecular weight is 315 g/mol. The standard InChI is InChI=1S/C16H21N5O2/c1-3-21(10-15-17-11(2)23-20-15)16(22)14-9-13(18-19-14)12-7-5-4-6-8-12/h4-8,13-14,18-19H,3,9-10H2,1-2H3. The number of benzene rings is 1. The first-order valence-electron chi connectivity index (χ1n) is 7.81. The quantitative estimate of drug-likeness (QED) is 0.866. The van der Waals surface area contributed by atoms with Gasteiger partial charge in [-0.25, -0.2) is 10.9 Å². The summed E-state index contributed by atoms with van der Waals surface area (Å²) in [5.74, 6) is 1.08. The van der Waals surface area contributed by atoms with E-state index in [1.807, 2.05) is 25.1 Å². The lowest BCUT2D eigenvalue weighted by Crippen LogP contribution is -2.45. The molecule has 1 aliphatic rings. The SMILES string of the molecule is CCN(Cc1noc(C)n1)C(=O)C1CC(c2ccccc2)NN1. The molecule has 0 aliphatic carbocycles. The zero-order valence-corrected chi connectivity index (χ0v) is 13.3. The predicted molar refractivity (Wildman–Crippen MR) is 84.0 cm³/mol. The van der Waals surface area contributed by atoms with E-state index in [0.29, 0.717) is 31.2 Å². The van der Waals surface area contributed by atoms with E-state index in [2.05, 4.69) is 33.1 Å². The van der Waals surface area contributed by atoms with Crippen molar-refractivity contribution < 1.29 is 9.32 Å². The first kappa shape index (κ1) is 15.6. The van der Waals surface area contributed by atoms with Crippen molar-refractivity contribution >= 4 is 5.91 Å². The van der Waals surface area contributed by atoms with Gasteiger partial charge >= 0.3 is 0 Å². The van der Waals surface area contributed by atoms with E-state index in [9.17, 15) is 4.79 Å². The first-order valence-corrected chi connectivity index (χ1v) is 7.81. The van der Waals surface area contributed by atoms with Crippen LogP contribution in [0.2, 0.25) is 0 Å². The Labute approximate surface area is 135 Å². The van der Waals surface area contributed by atoms with Crippen molar-refractivity contribution in [3.63, 3.8) is 0 Å². The molecule has 1 aromatic heterocycles. The minimum atomic E-state index is -0.256. The van der Waals surface area contributed by atoms with Gasteiger partial charge in [-0.15, -0.1) is 0 Å². The Morgan fingerprint density at radius 3 is 2.78 bits per heavy atom. The molecule has 1 fully saturated rings. The van der Waals surface area contributed by atoms with Crippen LogP contribution in [0.1, 0.15) is 36.7 Å². The minimum absolute atomic E-state index is 0.0425. The highest BCUT2D eigenvalue weighted by Crippen LogP contribution is 2.23. The molecule has 23 heavy (non-hydrogen) atoms. The molecular formula is C16H21N5O2. The number of hydrogen-bond acceptors (Lipinski definition) is 6. The van der Waals surface area contributed by atoms with Crippen molar-refractivity contribution in [3.05, 3.63) is 47.6 Å². The van der Waals surface area contributed by atoms with E-state index < -0.39 is 0 Å². The van der Waals surface area contributed by atoms with Gasteiger partial charge in [-0.3, -0.25) is 4.79 Å². The predicted octanol–water partition coefficient (Wildman–Crippen LogP) is 1.33. The van der Waals surface area contributed by atoms with Crippen LogP contribution in [0, 0.1) is 6.92 Å². The van der Waals surface area contributed by atoms with Crippen LogP contribution in [0.25, 0.3) is 0 Å². The van der Waals surface area contributed by atoms with Crippen LogP contribution in [0.4, 0.5) is 0 Å². The first-order chi connectivity index (χ1) is 11.2. The lowest BCUT2D eigenvalue weighted by Gasteiger charge is -2.22. The molecule has 0 spiro atoms. The van der Waals surface area contributed by atoms with Crippen molar-refractivity contribution in [2.75, 3.05) is 6.54 Å². The van der Waals surface area contributed by atoms with Gasteiger partial charge < -0.3 is 9.42 Å². The maximum absolute atomic E-state index is 12.7. The van der Waals surface area contributed by atoms with Gasteiger partial charge in [-0.1, -0.05) is 35.5 Å². The number of hydrogen-bond donors (Lipinski definition) is 2. The zero-order valence-electron chi connectivity index (χ0n) is 13.3. The van der Waals surface area contributed by atoms with E-state index in [4.69, 9.17) is 4.52 Å². The van der Waals surface area contributed by atoms with Crippen LogP contribution in [-0.4, -0.2) is 33.5 Å². The number of nitrogens with one attached hydrogen (secondary N) is 2.